The molecule has 0 radical (unpaired) electrons. The van der Waals surface area contributed by atoms with E-state index in [4.69, 9.17) is 5.11 Å². The van der Waals surface area contributed by atoms with Crippen LogP contribution < -0.4 is 5.23 Å². The second-order valence-electron chi connectivity index (χ2n) is 5.12. The van der Waals surface area contributed by atoms with E-state index in [9.17, 15) is 4.79 Å². The lowest BCUT2D eigenvalue weighted by atomic mass is 9.88. The van der Waals surface area contributed by atoms with Crippen molar-refractivity contribution < 1.29 is 9.90 Å². The van der Waals surface area contributed by atoms with Gasteiger partial charge in [-0.2, -0.15) is 0 Å². The van der Waals surface area contributed by atoms with Gasteiger partial charge in [0.2, 0.25) is 7.98 Å². The molecule has 1 aliphatic carbocycles. The van der Waals surface area contributed by atoms with Gasteiger partial charge >= 0.3 is 5.97 Å². The molecule has 1 aromatic carbocycles. The monoisotopic (exact) mass is 257 g/mol. The van der Waals surface area contributed by atoms with Gasteiger partial charge in [-0.1, -0.05) is 37.5 Å². The molecule has 1 aromatic rings. The Labute approximate surface area is 115 Å². The van der Waals surface area contributed by atoms with Gasteiger partial charge in [-0.25, -0.2) is 4.79 Å². The maximum Gasteiger partial charge on any atom is 0.337 e. The summed E-state index contributed by atoms with van der Waals surface area (Å²) in [5.74, 6) is -0.210. The van der Waals surface area contributed by atoms with E-state index in [1.165, 1.54) is 32.1 Å². The number of benzene rings is 1. The average Bonchev–Trinajstić information content (AvgIpc) is 2.45. The lowest BCUT2D eigenvalue weighted by Gasteiger charge is -2.17. The summed E-state index contributed by atoms with van der Waals surface area (Å²) in [6.45, 7) is 0. The van der Waals surface area contributed by atoms with E-state index in [0.29, 0.717) is 17.2 Å². The van der Waals surface area contributed by atoms with Gasteiger partial charge < -0.3 is 10.3 Å². The first-order valence-corrected chi connectivity index (χ1v) is 6.94. The zero-order valence-corrected chi connectivity index (χ0v) is 11.4. The number of carbonyl (C=O) groups is 1. The van der Waals surface area contributed by atoms with Gasteiger partial charge in [-0.3, -0.25) is 0 Å². The van der Waals surface area contributed by atoms with Crippen molar-refractivity contribution in [3.05, 3.63) is 35.4 Å². The van der Waals surface area contributed by atoms with E-state index in [-0.39, 0.29) is 0 Å². The van der Waals surface area contributed by atoms with Crippen molar-refractivity contribution in [2.45, 2.75) is 32.1 Å². The van der Waals surface area contributed by atoms with Crippen LogP contribution in [0.5, 0.6) is 0 Å². The van der Waals surface area contributed by atoms with E-state index in [1.807, 2.05) is 12.1 Å². The summed E-state index contributed by atoms with van der Waals surface area (Å²) in [7, 11) is 1.75. The molecule has 2 N–H and O–H groups in total. The van der Waals surface area contributed by atoms with Crippen molar-refractivity contribution in [2.24, 2.45) is 5.92 Å². The number of hydrogen-bond acceptors (Lipinski definition) is 2. The first-order valence-electron chi connectivity index (χ1n) is 6.94. The zero-order chi connectivity index (χ0) is 13.7. The summed E-state index contributed by atoms with van der Waals surface area (Å²) in [5, 5.41) is 12.0. The molecule has 1 saturated carbocycles. The SMILES string of the molecule is BNc1cc(/C=C/C2CCCCC2)ccc1C(=O)O. The third-order valence-corrected chi connectivity index (χ3v) is 3.75. The quantitative estimate of drug-likeness (QED) is 0.815. The highest BCUT2D eigenvalue weighted by molar-refractivity contribution is 6.17. The maximum atomic E-state index is 11.0. The Morgan fingerprint density at radius 2 is 2.05 bits per heavy atom. The number of rotatable bonds is 4. The predicted molar refractivity (Wildman–Crippen MR) is 81.2 cm³/mol. The largest absolute Gasteiger partial charge is 0.478 e. The van der Waals surface area contributed by atoms with Crippen molar-refractivity contribution in [1.29, 1.82) is 0 Å². The van der Waals surface area contributed by atoms with Crippen LogP contribution in [0.4, 0.5) is 5.69 Å². The summed E-state index contributed by atoms with van der Waals surface area (Å²) in [5.41, 5.74) is 2.04. The van der Waals surface area contributed by atoms with Crippen LogP contribution in [-0.4, -0.2) is 19.1 Å². The van der Waals surface area contributed by atoms with Crippen LogP contribution in [0.25, 0.3) is 6.08 Å². The Morgan fingerprint density at radius 3 is 2.68 bits per heavy atom. The minimum absolute atomic E-state index is 0.317. The Morgan fingerprint density at radius 1 is 1.32 bits per heavy atom. The summed E-state index contributed by atoms with van der Waals surface area (Å²) in [6, 6.07) is 5.42. The van der Waals surface area contributed by atoms with Crippen LogP contribution in [0, 0.1) is 5.92 Å². The van der Waals surface area contributed by atoms with Crippen molar-refractivity contribution >= 4 is 25.7 Å². The highest BCUT2D eigenvalue weighted by atomic mass is 16.4. The van der Waals surface area contributed by atoms with Gasteiger partial charge in [-0.05, 0) is 36.5 Å². The van der Waals surface area contributed by atoms with Crippen LogP contribution in [0.3, 0.4) is 0 Å². The van der Waals surface area contributed by atoms with Gasteiger partial charge in [-0.15, -0.1) is 0 Å². The van der Waals surface area contributed by atoms with Gasteiger partial charge in [0.25, 0.3) is 0 Å². The van der Waals surface area contributed by atoms with E-state index in [0.717, 1.165) is 5.56 Å². The van der Waals surface area contributed by atoms with Gasteiger partial charge in [0, 0.05) is 5.69 Å². The highest BCUT2D eigenvalue weighted by Gasteiger charge is 2.11. The molecule has 0 saturated heterocycles. The lowest BCUT2D eigenvalue weighted by molar-refractivity contribution is 0.0698. The second kappa shape index (κ2) is 6.46. The molecular weight excluding hydrogens is 237 g/mol. The number of allylic oxidation sites excluding steroid dienone is 1. The summed E-state index contributed by atoms with van der Waals surface area (Å²) >= 11 is 0. The Hall–Kier alpha value is -1.71. The molecule has 1 aliphatic rings. The molecule has 0 unspecified atom stereocenters. The zero-order valence-electron chi connectivity index (χ0n) is 11.4. The fourth-order valence-electron chi connectivity index (χ4n) is 2.63. The standard InChI is InChI=1S/C15H20BNO2/c16-17-14-10-12(8-9-13(14)15(18)19)7-6-11-4-2-1-3-5-11/h6-11,17H,1-5,16H2,(H,18,19)/b7-6+. The minimum Gasteiger partial charge on any atom is -0.478 e. The molecule has 2 rings (SSSR count). The topological polar surface area (TPSA) is 49.3 Å². The maximum absolute atomic E-state index is 11.0. The first-order chi connectivity index (χ1) is 9.20. The van der Waals surface area contributed by atoms with Crippen LogP contribution in [0.1, 0.15) is 48.0 Å². The first kappa shape index (κ1) is 13.7. The molecule has 0 aromatic heterocycles. The smallest absolute Gasteiger partial charge is 0.337 e. The average molecular weight is 257 g/mol. The Kier molecular flexibility index (Phi) is 4.66. The number of nitrogens with one attached hydrogen (secondary N) is 1. The number of aromatic carboxylic acids is 1. The van der Waals surface area contributed by atoms with E-state index in [2.05, 4.69) is 17.4 Å². The third-order valence-electron chi connectivity index (χ3n) is 3.75. The molecule has 0 aliphatic heterocycles. The van der Waals surface area contributed by atoms with Gasteiger partial charge in [0.1, 0.15) is 0 Å². The molecule has 1 fully saturated rings. The number of hydrogen-bond donors (Lipinski definition) is 2. The van der Waals surface area contributed by atoms with Gasteiger partial charge in [0.05, 0.1) is 5.56 Å². The predicted octanol–water partition coefficient (Wildman–Crippen LogP) is 2.94. The lowest BCUT2D eigenvalue weighted by Crippen LogP contribution is -2.04. The summed E-state index contributed by atoms with van der Waals surface area (Å²) in [6.07, 6.45) is 11.0. The second-order valence-corrected chi connectivity index (χ2v) is 5.12. The third kappa shape index (κ3) is 3.63. The van der Waals surface area contributed by atoms with E-state index < -0.39 is 5.97 Å². The molecule has 0 spiro atoms. The van der Waals surface area contributed by atoms with Gasteiger partial charge in [0.15, 0.2) is 0 Å². The highest BCUT2D eigenvalue weighted by Crippen LogP contribution is 2.26. The van der Waals surface area contributed by atoms with E-state index >= 15 is 0 Å². The molecule has 100 valence electrons. The molecule has 0 atom stereocenters. The minimum atomic E-state index is -0.896. The van der Waals surface area contributed by atoms with Crippen molar-refractivity contribution in [3.63, 3.8) is 0 Å². The van der Waals surface area contributed by atoms with Crippen LogP contribution in [0.15, 0.2) is 24.3 Å². The molecular formula is C15H20BNO2. The number of anilines is 1. The molecule has 3 nitrogen and oxygen atoms in total. The fraction of sp³-hybridized carbons (Fsp3) is 0.400. The molecule has 0 heterocycles. The summed E-state index contributed by atoms with van der Waals surface area (Å²) in [4.78, 5) is 11.0. The fourth-order valence-corrected chi connectivity index (χ4v) is 2.63. The molecule has 19 heavy (non-hydrogen) atoms. The van der Waals surface area contributed by atoms with Crippen molar-refractivity contribution in [3.8, 4) is 0 Å². The molecule has 0 amide bonds. The molecule has 4 heteroatoms. The van der Waals surface area contributed by atoms with Crippen LogP contribution in [0.2, 0.25) is 0 Å². The summed E-state index contributed by atoms with van der Waals surface area (Å²) < 4.78 is 0. The van der Waals surface area contributed by atoms with Crippen molar-refractivity contribution in [1.82, 2.24) is 0 Å². The van der Waals surface area contributed by atoms with Crippen molar-refractivity contribution in [2.75, 3.05) is 5.23 Å². The normalized spacial score (nSPS) is 16.6. The Balaban J connectivity index is 2.12. The van der Waals surface area contributed by atoms with Crippen LogP contribution >= 0.6 is 0 Å². The number of carboxylic acids is 1. The number of carboxylic acid groups (broad SMARTS) is 1. The van der Waals surface area contributed by atoms with E-state index in [1.54, 1.807) is 14.0 Å². The van der Waals surface area contributed by atoms with Crippen LogP contribution in [-0.2, 0) is 0 Å². The Bertz CT molecular complexity index is 479. The molecule has 0 bridgehead atoms.